The summed E-state index contributed by atoms with van der Waals surface area (Å²) in [4.78, 5) is 5.84. The summed E-state index contributed by atoms with van der Waals surface area (Å²) in [5.74, 6) is 0. The standard InChI is InChI=1S/C13H15N3S2/c1-8-3-4-11(13(14)17)12(5-8)16-7-10-6-15-9(2)18-10/h3-6,16H,7H2,1-2H3,(H2,14,17). The zero-order valence-corrected chi connectivity index (χ0v) is 12.0. The minimum Gasteiger partial charge on any atom is -0.389 e. The fourth-order valence-electron chi connectivity index (χ4n) is 1.69. The Bertz CT molecular complexity index is 575. The van der Waals surface area contributed by atoms with E-state index in [4.69, 9.17) is 18.0 Å². The first kappa shape index (κ1) is 13.0. The SMILES string of the molecule is Cc1ccc(C(N)=S)c(NCc2cnc(C)s2)c1. The number of hydrogen-bond donors (Lipinski definition) is 2. The minimum atomic E-state index is 0.415. The number of aryl methyl sites for hydroxylation is 2. The van der Waals surface area contributed by atoms with Crippen molar-refractivity contribution in [2.75, 3.05) is 5.32 Å². The van der Waals surface area contributed by atoms with Crippen LogP contribution in [0.25, 0.3) is 0 Å². The topological polar surface area (TPSA) is 50.9 Å². The molecule has 0 radical (unpaired) electrons. The monoisotopic (exact) mass is 277 g/mol. The second-order valence-electron chi connectivity index (χ2n) is 4.11. The molecule has 3 nitrogen and oxygen atoms in total. The third-order valence-corrected chi connectivity index (χ3v) is 3.70. The maximum absolute atomic E-state index is 5.72. The van der Waals surface area contributed by atoms with Crippen LogP contribution in [-0.2, 0) is 6.54 Å². The van der Waals surface area contributed by atoms with Gasteiger partial charge in [-0.2, -0.15) is 0 Å². The van der Waals surface area contributed by atoms with Crippen LogP contribution in [0, 0.1) is 13.8 Å². The first-order chi connectivity index (χ1) is 8.56. The Morgan fingerprint density at radius 1 is 1.44 bits per heavy atom. The van der Waals surface area contributed by atoms with Crippen LogP contribution in [0.15, 0.2) is 24.4 Å². The van der Waals surface area contributed by atoms with Gasteiger partial charge >= 0.3 is 0 Å². The van der Waals surface area contributed by atoms with Crippen LogP contribution in [0.3, 0.4) is 0 Å². The summed E-state index contributed by atoms with van der Waals surface area (Å²) in [6.45, 7) is 4.79. The van der Waals surface area contributed by atoms with Gasteiger partial charge in [0.25, 0.3) is 0 Å². The van der Waals surface area contributed by atoms with Crippen LogP contribution in [0.5, 0.6) is 0 Å². The summed E-state index contributed by atoms with van der Waals surface area (Å²) in [5.41, 5.74) is 8.76. The number of nitrogens with one attached hydrogen (secondary N) is 1. The molecular formula is C13H15N3S2. The number of nitrogens with two attached hydrogens (primary N) is 1. The maximum atomic E-state index is 5.72. The molecule has 2 rings (SSSR count). The van der Waals surface area contributed by atoms with E-state index >= 15 is 0 Å². The fourth-order valence-corrected chi connectivity index (χ4v) is 2.60. The van der Waals surface area contributed by atoms with E-state index < -0.39 is 0 Å². The van der Waals surface area contributed by atoms with Crippen LogP contribution in [0.2, 0.25) is 0 Å². The number of nitrogens with zero attached hydrogens (tertiary/aromatic N) is 1. The van der Waals surface area contributed by atoms with E-state index in [1.807, 2.05) is 32.2 Å². The van der Waals surface area contributed by atoms with Gasteiger partial charge in [0.15, 0.2) is 0 Å². The summed E-state index contributed by atoms with van der Waals surface area (Å²) in [5, 5.41) is 4.44. The summed E-state index contributed by atoms with van der Waals surface area (Å²) >= 11 is 6.74. The molecule has 0 aliphatic carbocycles. The van der Waals surface area contributed by atoms with E-state index in [0.717, 1.165) is 22.8 Å². The molecule has 0 unspecified atom stereocenters. The highest BCUT2D eigenvalue weighted by atomic mass is 32.1. The summed E-state index contributed by atoms with van der Waals surface area (Å²) in [7, 11) is 0. The van der Waals surface area contributed by atoms with Crippen molar-refractivity contribution in [3.63, 3.8) is 0 Å². The molecule has 0 fully saturated rings. The van der Waals surface area contributed by atoms with E-state index in [0.29, 0.717) is 4.99 Å². The first-order valence-electron chi connectivity index (χ1n) is 5.62. The molecular weight excluding hydrogens is 262 g/mol. The van der Waals surface area contributed by atoms with Gasteiger partial charge in [-0.15, -0.1) is 11.3 Å². The summed E-state index contributed by atoms with van der Waals surface area (Å²) in [6.07, 6.45) is 1.89. The molecule has 0 saturated carbocycles. The molecule has 0 bridgehead atoms. The predicted molar refractivity (Wildman–Crippen MR) is 81.2 cm³/mol. The summed E-state index contributed by atoms with van der Waals surface area (Å²) in [6, 6.07) is 6.02. The zero-order chi connectivity index (χ0) is 13.1. The van der Waals surface area contributed by atoms with Gasteiger partial charge in [-0.1, -0.05) is 18.3 Å². The molecule has 0 amide bonds. The largest absolute Gasteiger partial charge is 0.389 e. The van der Waals surface area contributed by atoms with E-state index in [9.17, 15) is 0 Å². The van der Waals surface area contributed by atoms with E-state index in [1.165, 1.54) is 10.4 Å². The third-order valence-electron chi connectivity index (χ3n) is 2.56. The number of thiazole rings is 1. The van der Waals surface area contributed by atoms with Crippen LogP contribution in [-0.4, -0.2) is 9.97 Å². The van der Waals surface area contributed by atoms with Crippen LogP contribution in [0.1, 0.15) is 21.0 Å². The molecule has 1 aromatic carbocycles. The lowest BCUT2D eigenvalue weighted by molar-refractivity contribution is 1.16. The summed E-state index contributed by atoms with van der Waals surface area (Å²) < 4.78 is 0. The van der Waals surface area contributed by atoms with E-state index in [-0.39, 0.29) is 0 Å². The Hall–Kier alpha value is -1.46. The number of hydrogen-bond acceptors (Lipinski definition) is 4. The first-order valence-corrected chi connectivity index (χ1v) is 6.84. The Kier molecular flexibility index (Phi) is 3.93. The van der Waals surface area contributed by atoms with Crippen molar-refractivity contribution in [3.05, 3.63) is 45.4 Å². The normalized spacial score (nSPS) is 10.3. The third kappa shape index (κ3) is 3.05. The van der Waals surface area contributed by atoms with Crippen molar-refractivity contribution in [3.8, 4) is 0 Å². The molecule has 0 aliphatic heterocycles. The molecule has 1 heterocycles. The van der Waals surface area contributed by atoms with Gasteiger partial charge in [0.1, 0.15) is 4.99 Å². The van der Waals surface area contributed by atoms with Gasteiger partial charge in [0.2, 0.25) is 0 Å². The Labute approximate surface area is 116 Å². The number of rotatable bonds is 4. The molecule has 0 spiro atoms. The lowest BCUT2D eigenvalue weighted by Gasteiger charge is -2.11. The number of anilines is 1. The quantitative estimate of drug-likeness (QED) is 0.844. The highest BCUT2D eigenvalue weighted by molar-refractivity contribution is 7.80. The molecule has 0 aliphatic rings. The Balaban J connectivity index is 2.17. The van der Waals surface area contributed by atoms with Gasteiger partial charge < -0.3 is 11.1 Å². The molecule has 2 aromatic rings. The lowest BCUT2D eigenvalue weighted by atomic mass is 10.1. The molecule has 5 heteroatoms. The van der Waals surface area contributed by atoms with Gasteiger partial charge in [0.05, 0.1) is 11.6 Å². The van der Waals surface area contributed by atoms with Gasteiger partial charge in [0, 0.05) is 22.3 Å². The second kappa shape index (κ2) is 5.46. The zero-order valence-electron chi connectivity index (χ0n) is 10.4. The highest BCUT2D eigenvalue weighted by Crippen LogP contribution is 2.20. The van der Waals surface area contributed by atoms with Crippen molar-refractivity contribution < 1.29 is 0 Å². The Morgan fingerprint density at radius 2 is 2.22 bits per heavy atom. The lowest BCUT2D eigenvalue weighted by Crippen LogP contribution is -2.13. The van der Waals surface area contributed by atoms with Crippen LogP contribution < -0.4 is 11.1 Å². The molecule has 0 saturated heterocycles. The molecule has 0 atom stereocenters. The van der Waals surface area contributed by atoms with Crippen molar-refractivity contribution in [2.24, 2.45) is 5.73 Å². The Morgan fingerprint density at radius 3 is 2.83 bits per heavy atom. The second-order valence-corrected chi connectivity index (χ2v) is 5.87. The van der Waals surface area contributed by atoms with Crippen molar-refractivity contribution >= 4 is 34.2 Å². The van der Waals surface area contributed by atoms with Crippen LogP contribution in [0.4, 0.5) is 5.69 Å². The van der Waals surface area contributed by atoms with E-state index in [2.05, 4.69) is 16.4 Å². The number of benzene rings is 1. The molecule has 18 heavy (non-hydrogen) atoms. The van der Waals surface area contributed by atoms with Gasteiger partial charge in [-0.25, -0.2) is 4.98 Å². The molecule has 94 valence electrons. The minimum absolute atomic E-state index is 0.415. The van der Waals surface area contributed by atoms with Gasteiger partial charge in [-0.3, -0.25) is 0 Å². The van der Waals surface area contributed by atoms with E-state index in [1.54, 1.807) is 11.3 Å². The highest BCUT2D eigenvalue weighted by Gasteiger charge is 2.06. The van der Waals surface area contributed by atoms with Crippen LogP contribution >= 0.6 is 23.6 Å². The average molecular weight is 277 g/mol. The number of thiocarbonyl (C=S) groups is 1. The maximum Gasteiger partial charge on any atom is 0.106 e. The predicted octanol–water partition coefficient (Wildman–Crippen LogP) is 3.01. The smallest absolute Gasteiger partial charge is 0.106 e. The fraction of sp³-hybridized carbons (Fsp3) is 0.231. The number of aromatic nitrogens is 1. The van der Waals surface area contributed by atoms with Crippen molar-refractivity contribution in [1.29, 1.82) is 0 Å². The average Bonchev–Trinajstić information content (AvgIpc) is 2.72. The van der Waals surface area contributed by atoms with Crippen molar-refractivity contribution in [1.82, 2.24) is 4.98 Å². The molecule has 1 aromatic heterocycles. The van der Waals surface area contributed by atoms with Gasteiger partial charge in [-0.05, 0) is 31.5 Å². The van der Waals surface area contributed by atoms with Crippen molar-refractivity contribution in [2.45, 2.75) is 20.4 Å². The molecule has 3 N–H and O–H groups in total.